The predicted octanol–water partition coefficient (Wildman–Crippen LogP) is 2.63. The molecule has 0 radical (unpaired) electrons. The van der Waals surface area contributed by atoms with Crippen molar-refractivity contribution in [2.45, 2.75) is 19.1 Å². The van der Waals surface area contributed by atoms with Crippen molar-refractivity contribution in [3.63, 3.8) is 0 Å². The molecule has 0 spiro atoms. The van der Waals surface area contributed by atoms with Crippen molar-refractivity contribution >= 4 is 46.9 Å². The molecule has 0 aliphatic heterocycles. The van der Waals surface area contributed by atoms with Crippen LogP contribution in [0.4, 0.5) is 13.2 Å². The topological polar surface area (TPSA) is 136 Å². The predicted molar refractivity (Wildman–Crippen MR) is 124 cm³/mol. The van der Waals surface area contributed by atoms with Crippen LogP contribution < -0.4 is 10.0 Å². The number of carbonyl (C=O) groups is 2. The number of hydrogen-bond donors (Lipinski definition) is 2. The van der Waals surface area contributed by atoms with E-state index in [0.29, 0.717) is 12.1 Å². The van der Waals surface area contributed by atoms with Gasteiger partial charge in [0.2, 0.25) is 10.0 Å². The van der Waals surface area contributed by atoms with Gasteiger partial charge in [0.15, 0.2) is 11.6 Å². The van der Waals surface area contributed by atoms with Crippen molar-refractivity contribution < 1.29 is 31.2 Å². The lowest BCUT2D eigenvalue weighted by Crippen LogP contribution is -2.30. The van der Waals surface area contributed by atoms with E-state index in [1.165, 1.54) is 30.1 Å². The Morgan fingerprint density at radius 2 is 1.77 bits per heavy atom. The molecule has 0 saturated heterocycles. The van der Waals surface area contributed by atoms with Gasteiger partial charge in [-0.05, 0) is 37.3 Å². The maximum absolute atomic E-state index is 13.0. The maximum Gasteiger partial charge on any atom is 0.416 e. The number of hydrogen-bond acceptors (Lipinski definition) is 7. The van der Waals surface area contributed by atoms with E-state index >= 15 is 0 Å². The highest BCUT2D eigenvalue weighted by atomic mass is 35.5. The average molecular weight is 551 g/mol. The number of aromatic nitrogens is 4. The van der Waals surface area contributed by atoms with Gasteiger partial charge in [-0.25, -0.2) is 23.1 Å². The van der Waals surface area contributed by atoms with Crippen LogP contribution in [0.25, 0.3) is 5.82 Å². The molecule has 0 bridgehead atoms. The summed E-state index contributed by atoms with van der Waals surface area (Å²) in [5.74, 6) is -1.32. The fourth-order valence-corrected chi connectivity index (χ4v) is 3.51. The van der Waals surface area contributed by atoms with Gasteiger partial charge < -0.3 is 5.32 Å². The Morgan fingerprint density at radius 1 is 1.09 bits per heavy atom. The standard InChI is InChI=1S/C19H16ClF3N6O4S.H2S/c1-10(27-17(30)12-5-13(19(21,22)23)7-14(20)6-12)16-25-9-26-29(16)15-4-3-11(8-24-15)18(31)28-34(2,32)33;/h3-10H,1-2H3,(H,27,30)(H,28,31);1H2/t10-;/m0./s1. The average Bonchev–Trinajstić information content (AvgIpc) is 3.21. The molecule has 16 heteroatoms. The summed E-state index contributed by atoms with van der Waals surface area (Å²) in [6.45, 7) is 1.53. The molecule has 3 aromatic rings. The largest absolute Gasteiger partial charge is 0.416 e. The highest BCUT2D eigenvalue weighted by Gasteiger charge is 2.32. The maximum atomic E-state index is 13.0. The molecule has 1 aromatic carbocycles. The Bertz CT molecular complexity index is 1350. The van der Waals surface area contributed by atoms with Crippen LogP contribution in [0.5, 0.6) is 0 Å². The van der Waals surface area contributed by atoms with E-state index in [4.69, 9.17) is 11.6 Å². The van der Waals surface area contributed by atoms with Crippen molar-refractivity contribution in [3.8, 4) is 5.82 Å². The molecule has 35 heavy (non-hydrogen) atoms. The Kier molecular flexibility index (Phi) is 8.52. The zero-order valence-electron chi connectivity index (χ0n) is 18.0. The second-order valence-electron chi connectivity index (χ2n) is 7.06. The first-order chi connectivity index (χ1) is 15.7. The van der Waals surface area contributed by atoms with Crippen LogP contribution in [0.1, 0.15) is 45.1 Å². The smallest absolute Gasteiger partial charge is 0.342 e. The minimum absolute atomic E-state index is 0. The fraction of sp³-hybridized carbons (Fsp3) is 0.211. The molecule has 0 aliphatic rings. The number of amides is 2. The number of benzene rings is 1. The number of rotatable bonds is 6. The zero-order valence-corrected chi connectivity index (χ0v) is 20.5. The van der Waals surface area contributed by atoms with Gasteiger partial charge >= 0.3 is 6.18 Å². The van der Waals surface area contributed by atoms with Crippen molar-refractivity contribution in [2.75, 3.05) is 6.26 Å². The summed E-state index contributed by atoms with van der Waals surface area (Å²) in [6, 6.07) is 4.35. The van der Waals surface area contributed by atoms with Crippen molar-refractivity contribution in [2.24, 2.45) is 0 Å². The number of halogens is 4. The molecule has 3 rings (SSSR count). The second kappa shape index (κ2) is 10.6. The molecule has 0 unspecified atom stereocenters. The van der Waals surface area contributed by atoms with Crippen LogP contribution in [0, 0.1) is 0 Å². The van der Waals surface area contributed by atoms with Gasteiger partial charge in [0.1, 0.15) is 6.33 Å². The van der Waals surface area contributed by atoms with E-state index in [1.54, 1.807) is 4.72 Å². The van der Waals surface area contributed by atoms with E-state index < -0.39 is 39.6 Å². The highest BCUT2D eigenvalue weighted by Crippen LogP contribution is 2.32. The molecule has 0 fully saturated rings. The van der Waals surface area contributed by atoms with E-state index in [2.05, 4.69) is 20.4 Å². The molecule has 0 aliphatic carbocycles. The number of pyridine rings is 1. The third-order valence-corrected chi connectivity index (χ3v) is 5.08. The summed E-state index contributed by atoms with van der Waals surface area (Å²) < 4.78 is 64.5. The number of carbonyl (C=O) groups excluding carboxylic acids is 2. The minimum Gasteiger partial charge on any atom is -0.342 e. The summed E-state index contributed by atoms with van der Waals surface area (Å²) in [5, 5.41) is 6.28. The third kappa shape index (κ3) is 7.16. The Balaban J connectivity index is 0.00000432. The summed E-state index contributed by atoms with van der Waals surface area (Å²) in [5.41, 5.74) is -1.39. The van der Waals surface area contributed by atoms with E-state index in [1.807, 2.05) is 0 Å². The van der Waals surface area contributed by atoms with Gasteiger partial charge in [0, 0.05) is 16.8 Å². The minimum atomic E-state index is -4.68. The van der Waals surface area contributed by atoms with Gasteiger partial charge in [-0.15, -0.1) is 0 Å². The molecule has 1 atom stereocenters. The SMILES string of the molecule is C[C@H](NC(=O)c1cc(Cl)cc(C(F)(F)F)c1)c1ncnn1-c1ccc(C(=O)NS(C)(=O)=O)cn1.S. The highest BCUT2D eigenvalue weighted by molar-refractivity contribution is 7.89. The Labute approximate surface area is 209 Å². The van der Waals surface area contributed by atoms with E-state index in [0.717, 1.165) is 18.5 Å². The number of sulfonamides is 1. The Hall–Kier alpha value is -3.17. The summed E-state index contributed by atoms with van der Waals surface area (Å²) in [7, 11) is -3.76. The summed E-state index contributed by atoms with van der Waals surface area (Å²) >= 11 is 5.74. The third-order valence-electron chi connectivity index (χ3n) is 4.30. The lowest BCUT2D eigenvalue weighted by Gasteiger charge is -2.15. The normalized spacial score (nSPS) is 12.4. The van der Waals surface area contributed by atoms with Gasteiger partial charge in [-0.1, -0.05) is 11.6 Å². The number of nitrogens with one attached hydrogen (secondary N) is 2. The molecule has 10 nitrogen and oxygen atoms in total. The second-order valence-corrected chi connectivity index (χ2v) is 9.24. The first-order valence-electron chi connectivity index (χ1n) is 9.32. The molecular weight excluding hydrogens is 533 g/mol. The first kappa shape index (κ1) is 28.1. The lowest BCUT2D eigenvalue weighted by molar-refractivity contribution is -0.137. The molecule has 2 N–H and O–H groups in total. The van der Waals surface area contributed by atoms with Crippen LogP contribution >= 0.6 is 25.1 Å². The van der Waals surface area contributed by atoms with Crippen LogP contribution in [-0.4, -0.2) is 46.2 Å². The van der Waals surface area contributed by atoms with Gasteiger partial charge in [0.05, 0.1) is 23.4 Å². The molecule has 2 amide bonds. The van der Waals surface area contributed by atoms with Crippen LogP contribution in [-0.2, 0) is 16.2 Å². The molecular formula is C19H18ClF3N6O4S2. The summed E-state index contributed by atoms with van der Waals surface area (Å²) in [4.78, 5) is 32.6. The van der Waals surface area contributed by atoms with Gasteiger partial charge in [-0.3, -0.25) is 9.59 Å². The quantitative estimate of drug-likeness (QED) is 0.481. The van der Waals surface area contributed by atoms with Crippen molar-refractivity contribution in [1.82, 2.24) is 29.8 Å². The van der Waals surface area contributed by atoms with Gasteiger partial charge in [0.25, 0.3) is 11.8 Å². The van der Waals surface area contributed by atoms with Crippen LogP contribution in [0.15, 0.2) is 42.9 Å². The van der Waals surface area contributed by atoms with E-state index in [9.17, 15) is 31.2 Å². The molecule has 188 valence electrons. The number of alkyl halides is 3. The van der Waals surface area contributed by atoms with Gasteiger partial charge in [-0.2, -0.15) is 36.4 Å². The number of nitrogens with zero attached hydrogens (tertiary/aromatic N) is 4. The van der Waals surface area contributed by atoms with Crippen LogP contribution in [0.2, 0.25) is 5.02 Å². The monoisotopic (exact) mass is 550 g/mol. The Morgan fingerprint density at radius 3 is 2.34 bits per heavy atom. The molecule has 2 aromatic heterocycles. The summed E-state index contributed by atoms with van der Waals surface area (Å²) in [6.07, 6.45) is -1.56. The van der Waals surface area contributed by atoms with Crippen molar-refractivity contribution in [1.29, 1.82) is 0 Å². The first-order valence-corrected chi connectivity index (χ1v) is 11.6. The zero-order chi connectivity index (χ0) is 25.3. The molecule has 0 saturated carbocycles. The lowest BCUT2D eigenvalue weighted by atomic mass is 10.1. The van der Waals surface area contributed by atoms with Crippen LogP contribution in [0.3, 0.4) is 0 Å². The fourth-order valence-electron chi connectivity index (χ4n) is 2.82. The molecule has 2 heterocycles. The van der Waals surface area contributed by atoms with E-state index in [-0.39, 0.29) is 41.3 Å². The van der Waals surface area contributed by atoms with Crippen molar-refractivity contribution in [3.05, 3.63) is 70.4 Å².